The van der Waals surface area contributed by atoms with Crippen LogP contribution < -0.4 is 5.32 Å². The van der Waals surface area contributed by atoms with Crippen LogP contribution in [0, 0.1) is 5.92 Å². The number of hydrogen-bond donors (Lipinski definition) is 1. The molecule has 2 unspecified atom stereocenters. The van der Waals surface area contributed by atoms with Gasteiger partial charge in [0.2, 0.25) is 0 Å². The summed E-state index contributed by atoms with van der Waals surface area (Å²) in [4.78, 5) is 11.7. The van der Waals surface area contributed by atoms with Crippen LogP contribution in [0.3, 0.4) is 0 Å². The second-order valence-corrected chi connectivity index (χ2v) is 6.15. The summed E-state index contributed by atoms with van der Waals surface area (Å²) < 4.78 is 27.0. The number of rotatable bonds is 5. The summed E-state index contributed by atoms with van der Waals surface area (Å²) in [6.45, 7) is 0.917. The van der Waals surface area contributed by atoms with Crippen LogP contribution in [-0.4, -0.2) is 52.5 Å². The van der Waals surface area contributed by atoms with Crippen molar-refractivity contribution in [2.75, 3.05) is 32.3 Å². The fourth-order valence-electron chi connectivity index (χ4n) is 1.63. The third kappa shape index (κ3) is 3.89. The highest BCUT2D eigenvalue weighted by molar-refractivity contribution is 7.90. The molecule has 6 heteroatoms. The van der Waals surface area contributed by atoms with Crippen molar-refractivity contribution in [2.45, 2.75) is 12.5 Å². The number of carbonyl (C=O) groups excluding carboxylic acids is 1. The molecule has 0 aromatic rings. The fraction of sp³-hybridized carbons (Fsp3) is 0.889. The van der Waals surface area contributed by atoms with Gasteiger partial charge in [0.05, 0.1) is 24.9 Å². The van der Waals surface area contributed by atoms with Crippen LogP contribution in [-0.2, 0) is 19.4 Å². The summed E-state index contributed by atoms with van der Waals surface area (Å²) in [6, 6.07) is 0.0251. The van der Waals surface area contributed by atoms with E-state index in [-0.39, 0.29) is 29.9 Å². The first-order valence-electron chi connectivity index (χ1n) is 4.89. The molecule has 1 rings (SSSR count). The predicted molar refractivity (Wildman–Crippen MR) is 56.5 cm³/mol. The molecular formula is C9H17NO4S. The molecule has 0 aromatic heterocycles. The van der Waals surface area contributed by atoms with Crippen molar-refractivity contribution in [1.29, 1.82) is 0 Å². The van der Waals surface area contributed by atoms with Gasteiger partial charge in [-0.05, 0) is 7.05 Å². The maximum atomic E-state index is 11.7. The Morgan fingerprint density at radius 2 is 2.13 bits per heavy atom. The van der Waals surface area contributed by atoms with Crippen molar-refractivity contribution in [3.8, 4) is 0 Å². The highest BCUT2D eigenvalue weighted by Gasteiger charge is 2.32. The highest BCUT2D eigenvalue weighted by atomic mass is 32.2. The molecular weight excluding hydrogens is 218 g/mol. The Hall–Kier alpha value is -0.460. The first-order chi connectivity index (χ1) is 6.94. The molecule has 15 heavy (non-hydrogen) atoms. The summed E-state index contributed by atoms with van der Waals surface area (Å²) >= 11 is 0. The van der Waals surface area contributed by atoms with Crippen LogP contribution in [0.25, 0.3) is 0 Å². The molecule has 1 saturated heterocycles. The quantitative estimate of drug-likeness (QED) is 0.677. The lowest BCUT2D eigenvalue weighted by Gasteiger charge is -2.14. The SMILES string of the molecule is CNC1COCC1C(=O)CCS(C)(=O)=O. The molecule has 1 N–H and O–H groups in total. The lowest BCUT2D eigenvalue weighted by Crippen LogP contribution is -2.37. The van der Waals surface area contributed by atoms with Gasteiger partial charge in [-0.2, -0.15) is 0 Å². The molecule has 1 heterocycles. The lowest BCUT2D eigenvalue weighted by molar-refractivity contribution is -0.122. The fourth-order valence-corrected chi connectivity index (χ4v) is 2.20. The van der Waals surface area contributed by atoms with E-state index in [0.717, 1.165) is 6.26 Å². The van der Waals surface area contributed by atoms with E-state index >= 15 is 0 Å². The van der Waals surface area contributed by atoms with Gasteiger partial charge < -0.3 is 10.1 Å². The third-order valence-corrected chi connectivity index (χ3v) is 3.53. The molecule has 0 aromatic carbocycles. The largest absolute Gasteiger partial charge is 0.379 e. The number of ether oxygens (including phenoxy) is 1. The van der Waals surface area contributed by atoms with Gasteiger partial charge in [-0.15, -0.1) is 0 Å². The molecule has 2 atom stereocenters. The maximum absolute atomic E-state index is 11.7. The Balaban J connectivity index is 2.46. The predicted octanol–water partition coefficient (Wildman–Crippen LogP) is -0.775. The van der Waals surface area contributed by atoms with Crippen LogP contribution in [0.4, 0.5) is 0 Å². The average molecular weight is 235 g/mol. The number of Topliss-reactive ketones (excluding diaryl/α,β-unsaturated/α-hetero) is 1. The van der Waals surface area contributed by atoms with Crippen LogP contribution in [0.1, 0.15) is 6.42 Å². The van der Waals surface area contributed by atoms with Crippen molar-refractivity contribution in [1.82, 2.24) is 5.32 Å². The second-order valence-electron chi connectivity index (χ2n) is 3.89. The summed E-state index contributed by atoms with van der Waals surface area (Å²) in [5.74, 6) is -0.298. The van der Waals surface area contributed by atoms with Crippen molar-refractivity contribution < 1.29 is 17.9 Å². The van der Waals surface area contributed by atoms with Crippen LogP contribution in [0.5, 0.6) is 0 Å². The van der Waals surface area contributed by atoms with Crippen molar-refractivity contribution in [2.24, 2.45) is 5.92 Å². The number of likely N-dealkylation sites (N-methyl/N-ethyl adjacent to an activating group) is 1. The van der Waals surface area contributed by atoms with Gasteiger partial charge >= 0.3 is 0 Å². The van der Waals surface area contributed by atoms with Gasteiger partial charge in [-0.25, -0.2) is 8.42 Å². The van der Waals surface area contributed by atoms with Crippen molar-refractivity contribution in [3.05, 3.63) is 0 Å². The number of hydrogen-bond acceptors (Lipinski definition) is 5. The molecule has 1 aliphatic heterocycles. The number of ketones is 1. The summed E-state index contributed by atoms with van der Waals surface area (Å²) in [6.07, 6.45) is 1.23. The molecule has 0 aliphatic carbocycles. The zero-order valence-electron chi connectivity index (χ0n) is 9.02. The minimum atomic E-state index is -3.06. The molecule has 0 saturated carbocycles. The van der Waals surface area contributed by atoms with Crippen LogP contribution in [0.15, 0.2) is 0 Å². The van der Waals surface area contributed by atoms with Gasteiger partial charge in [-0.3, -0.25) is 4.79 Å². The molecule has 88 valence electrons. The highest BCUT2D eigenvalue weighted by Crippen LogP contribution is 2.16. The summed E-state index contributed by atoms with van der Waals surface area (Å²) in [5.41, 5.74) is 0. The van der Waals surface area contributed by atoms with Gasteiger partial charge in [0.15, 0.2) is 0 Å². The first-order valence-corrected chi connectivity index (χ1v) is 6.95. The number of sulfone groups is 1. The van der Waals surface area contributed by atoms with E-state index in [4.69, 9.17) is 4.74 Å². The van der Waals surface area contributed by atoms with E-state index < -0.39 is 9.84 Å². The Morgan fingerprint density at radius 3 is 2.67 bits per heavy atom. The van der Waals surface area contributed by atoms with E-state index in [1.54, 1.807) is 7.05 Å². The van der Waals surface area contributed by atoms with E-state index in [1.807, 2.05) is 0 Å². The monoisotopic (exact) mass is 235 g/mol. The van der Waals surface area contributed by atoms with Crippen molar-refractivity contribution in [3.63, 3.8) is 0 Å². The van der Waals surface area contributed by atoms with Crippen molar-refractivity contribution >= 4 is 15.6 Å². The summed E-state index contributed by atoms with van der Waals surface area (Å²) in [7, 11) is -1.28. The standard InChI is InChI=1S/C9H17NO4S/c1-10-8-6-14-5-7(8)9(11)3-4-15(2,12)13/h7-8,10H,3-6H2,1-2H3. The molecule has 0 amide bonds. The topological polar surface area (TPSA) is 72.5 Å². The Bertz CT molecular complexity index is 325. The molecule has 0 radical (unpaired) electrons. The van der Waals surface area contributed by atoms with Gasteiger partial charge in [0.1, 0.15) is 15.6 Å². The average Bonchev–Trinajstić information content (AvgIpc) is 2.60. The van der Waals surface area contributed by atoms with Gasteiger partial charge in [0, 0.05) is 18.7 Å². The van der Waals surface area contributed by atoms with E-state index in [1.165, 1.54) is 0 Å². The second kappa shape index (κ2) is 5.05. The smallest absolute Gasteiger partial charge is 0.147 e. The molecule has 1 fully saturated rings. The Morgan fingerprint density at radius 1 is 1.47 bits per heavy atom. The Labute approximate surface area is 90.1 Å². The number of nitrogens with one attached hydrogen (secondary N) is 1. The van der Waals surface area contributed by atoms with E-state index in [9.17, 15) is 13.2 Å². The lowest BCUT2D eigenvalue weighted by atomic mass is 9.97. The zero-order chi connectivity index (χ0) is 11.5. The van der Waals surface area contributed by atoms with E-state index in [2.05, 4.69) is 5.32 Å². The van der Waals surface area contributed by atoms with Gasteiger partial charge in [-0.1, -0.05) is 0 Å². The number of carbonyl (C=O) groups is 1. The van der Waals surface area contributed by atoms with E-state index in [0.29, 0.717) is 13.2 Å². The molecule has 1 aliphatic rings. The Kier molecular flexibility index (Phi) is 4.24. The maximum Gasteiger partial charge on any atom is 0.147 e. The summed E-state index contributed by atoms with van der Waals surface area (Å²) in [5, 5.41) is 3.00. The van der Waals surface area contributed by atoms with Crippen LogP contribution in [0.2, 0.25) is 0 Å². The first kappa shape index (κ1) is 12.6. The molecule has 0 spiro atoms. The zero-order valence-corrected chi connectivity index (χ0v) is 9.84. The minimum absolute atomic E-state index is 0.0251. The van der Waals surface area contributed by atoms with Crippen LogP contribution >= 0.6 is 0 Å². The minimum Gasteiger partial charge on any atom is -0.379 e. The molecule has 5 nitrogen and oxygen atoms in total. The van der Waals surface area contributed by atoms with Gasteiger partial charge in [0.25, 0.3) is 0 Å². The molecule has 0 bridgehead atoms. The normalized spacial score (nSPS) is 26.8. The third-order valence-electron chi connectivity index (χ3n) is 2.58.